The normalized spacial score (nSPS) is 15.2. The molecule has 0 unspecified atom stereocenters. The molecule has 0 spiro atoms. The van der Waals surface area contributed by atoms with E-state index in [0.717, 1.165) is 47.6 Å². The zero-order valence-electron chi connectivity index (χ0n) is 11.5. The van der Waals surface area contributed by atoms with Gasteiger partial charge in [-0.25, -0.2) is 9.97 Å². The summed E-state index contributed by atoms with van der Waals surface area (Å²) in [5.41, 5.74) is 0. The van der Waals surface area contributed by atoms with Crippen LogP contribution in [0.4, 0.5) is 0 Å². The van der Waals surface area contributed by atoms with Crippen molar-refractivity contribution in [2.45, 2.75) is 31.2 Å². The molecule has 0 aliphatic carbocycles. The molecule has 106 valence electrons. The van der Waals surface area contributed by atoms with Crippen molar-refractivity contribution in [2.24, 2.45) is 0 Å². The summed E-state index contributed by atoms with van der Waals surface area (Å²) >= 11 is 3.24. The fourth-order valence-corrected chi connectivity index (χ4v) is 4.24. The van der Waals surface area contributed by atoms with E-state index in [-0.39, 0.29) is 5.91 Å². The molecule has 2 aromatic rings. The Morgan fingerprint density at radius 1 is 1.40 bits per heavy atom. The zero-order chi connectivity index (χ0) is 13.9. The molecule has 1 aliphatic heterocycles. The quantitative estimate of drug-likeness (QED) is 0.643. The van der Waals surface area contributed by atoms with Crippen molar-refractivity contribution in [3.8, 4) is 0 Å². The molecule has 1 amide bonds. The number of thioether (sulfide) groups is 1. The highest BCUT2D eigenvalue weighted by Crippen LogP contribution is 2.31. The second-order valence-electron chi connectivity index (χ2n) is 4.84. The van der Waals surface area contributed by atoms with Crippen molar-refractivity contribution in [3.05, 3.63) is 17.3 Å². The number of carbonyl (C=O) groups excluding carboxylic acids is 1. The van der Waals surface area contributed by atoms with E-state index in [9.17, 15) is 4.79 Å². The minimum Gasteiger partial charge on any atom is -0.342 e. The number of nitrogens with zero attached hydrogens (tertiary/aromatic N) is 3. The molecular formula is C14H17N3OS2. The Hall–Kier alpha value is -1.14. The third-order valence-electron chi connectivity index (χ3n) is 3.48. The minimum atomic E-state index is 0.227. The fourth-order valence-electron chi connectivity index (χ4n) is 2.36. The van der Waals surface area contributed by atoms with Gasteiger partial charge >= 0.3 is 0 Å². The van der Waals surface area contributed by atoms with Crippen LogP contribution in [0.3, 0.4) is 0 Å². The number of likely N-dealkylation sites (tertiary alicyclic amines) is 1. The van der Waals surface area contributed by atoms with Crippen molar-refractivity contribution in [2.75, 3.05) is 18.8 Å². The van der Waals surface area contributed by atoms with Crippen LogP contribution in [-0.4, -0.2) is 39.6 Å². The summed E-state index contributed by atoms with van der Waals surface area (Å²) in [6.45, 7) is 3.97. The lowest BCUT2D eigenvalue weighted by atomic mass is 10.3. The Kier molecular flexibility index (Phi) is 4.21. The number of amides is 1. The van der Waals surface area contributed by atoms with Crippen molar-refractivity contribution >= 4 is 39.2 Å². The number of fused-ring (bicyclic) bond motifs is 1. The molecule has 6 heteroatoms. The number of hydrogen-bond donors (Lipinski definition) is 0. The molecule has 1 fully saturated rings. The highest BCUT2D eigenvalue weighted by molar-refractivity contribution is 8.00. The maximum absolute atomic E-state index is 12.1. The molecule has 0 radical (unpaired) electrons. The van der Waals surface area contributed by atoms with Crippen LogP contribution in [0.25, 0.3) is 10.2 Å². The van der Waals surface area contributed by atoms with Gasteiger partial charge in [-0.05, 0) is 25.3 Å². The van der Waals surface area contributed by atoms with E-state index in [1.54, 1.807) is 17.7 Å². The molecule has 0 saturated carbocycles. The second kappa shape index (κ2) is 6.10. The zero-order valence-corrected chi connectivity index (χ0v) is 13.1. The predicted octanol–water partition coefficient (Wildman–Crippen LogP) is 2.97. The van der Waals surface area contributed by atoms with Gasteiger partial charge in [-0.3, -0.25) is 4.79 Å². The molecule has 1 saturated heterocycles. The molecule has 3 rings (SSSR count). The lowest BCUT2D eigenvalue weighted by molar-refractivity contribution is -0.127. The van der Waals surface area contributed by atoms with Crippen LogP contribution < -0.4 is 0 Å². The summed E-state index contributed by atoms with van der Waals surface area (Å²) in [5, 5.41) is 2.02. The Morgan fingerprint density at radius 3 is 2.95 bits per heavy atom. The molecule has 4 nitrogen and oxygen atoms in total. The number of aryl methyl sites for hydroxylation is 1. The largest absolute Gasteiger partial charge is 0.342 e. The first kappa shape index (κ1) is 13.8. The standard InChI is InChI=1S/C14H17N3OS2/c1-2-10-7-11-13(15-9-16-14(11)20-10)19-8-12(18)17-5-3-4-6-17/h7,9H,2-6,8H2,1H3. The number of hydrogen-bond acceptors (Lipinski definition) is 5. The molecular weight excluding hydrogens is 290 g/mol. The SMILES string of the molecule is CCc1cc2c(SCC(=O)N3CCCC3)ncnc2s1. The van der Waals surface area contributed by atoms with Crippen LogP contribution in [0.15, 0.2) is 17.4 Å². The van der Waals surface area contributed by atoms with E-state index in [1.807, 2.05) is 4.90 Å². The van der Waals surface area contributed by atoms with E-state index < -0.39 is 0 Å². The third kappa shape index (κ3) is 2.81. The monoisotopic (exact) mass is 307 g/mol. The second-order valence-corrected chi connectivity index (χ2v) is 6.92. The number of thiophene rings is 1. The van der Waals surface area contributed by atoms with E-state index >= 15 is 0 Å². The Bertz CT molecular complexity index is 620. The highest BCUT2D eigenvalue weighted by atomic mass is 32.2. The first-order valence-corrected chi connectivity index (χ1v) is 8.72. The van der Waals surface area contributed by atoms with E-state index in [4.69, 9.17) is 0 Å². The van der Waals surface area contributed by atoms with Gasteiger partial charge in [0.25, 0.3) is 0 Å². The summed E-state index contributed by atoms with van der Waals surface area (Å²) in [5.74, 6) is 0.703. The van der Waals surface area contributed by atoms with E-state index in [0.29, 0.717) is 5.75 Å². The number of rotatable bonds is 4. The topological polar surface area (TPSA) is 46.1 Å². The van der Waals surface area contributed by atoms with Crippen LogP contribution in [-0.2, 0) is 11.2 Å². The molecule has 20 heavy (non-hydrogen) atoms. The number of carbonyl (C=O) groups is 1. The molecule has 0 aromatic carbocycles. The van der Waals surface area contributed by atoms with E-state index in [2.05, 4.69) is 23.0 Å². The Morgan fingerprint density at radius 2 is 2.20 bits per heavy atom. The smallest absolute Gasteiger partial charge is 0.232 e. The van der Waals surface area contributed by atoms with Crippen LogP contribution in [0.5, 0.6) is 0 Å². The van der Waals surface area contributed by atoms with Gasteiger partial charge in [0, 0.05) is 23.4 Å². The maximum Gasteiger partial charge on any atom is 0.232 e. The van der Waals surface area contributed by atoms with Crippen molar-refractivity contribution in [3.63, 3.8) is 0 Å². The van der Waals surface area contributed by atoms with Gasteiger partial charge in [-0.2, -0.15) is 0 Å². The molecule has 3 heterocycles. The minimum absolute atomic E-state index is 0.227. The van der Waals surface area contributed by atoms with Gasteiger partial charge < -0.3 is 4.90 Å². The summed E-state index contributed by atoms with van der Waals surface area (Å²) < 4.78 is 0. The fraction of sp³-hybridized carbons (Fsp3) is 0.500. The third-order valence-corrected chi connectivity index (χ3v) is 5.66. The Balaban J connectivity index is 1.73. The van der Waals surface area contributed by atoms with Crippen LogP contribution in [0, 0.1) is 0 Å². The van der Waals surface area contributed by atoms with E-state index in [1.165, 1.54) is 16.6 Å². The van der Waals surface area contributed by atoms with Gasteiger partial charge in [0.05, 0.1) is 5.75 Å². The summed E-state index contributed by atoms with van der Waals surface area (Å²) in [6.07, 6.45) is 4.88. The van der Waals surface area contributed by atoms with Gasteiger partial charge in [0.15, 0.2) is 0 Å². The summed E-state index contributed by atoms with van der Waals surface area (Å²) in [4.78, 5) is 25.0. The maximum atomic E-state index is 12.1. The molecule has 0 atom stereocenters. The first-order chi connectivity index (χ1) is 9.78. The molecule has 0 N–H and O–H groups in total. The summed E-state index contributed by atoms with van der Waals surface area (Å²) in [7, 11) is 0. The van der Waals surface area contributed by atoms with Crippen LogP contribution in [0.2, 0.25) is 0 Å². The average Bonchev–Trinajstić information content (AvgIpc) is 3.13. The predicted molar refractivity (Wildman–Crippen MR) is 83.3 cm³/mol. The first-order valence-electron chi connectivity index (χ1n) is 6.92. The van der Waals surface area contributed by atoms with Crippen molar-refractivity contribution < 1.29 is 4.79 Å². The van der Waals surface area contributed by atoms with Crippen molar-refractivity contribution in [1.82, 2.24) is 14.9 Å². The lowest BCUT2D eigenvalue weighted by Gasteiger charge is -2.14. The summed E-state index contributed by atoms with van der Waals surface area (Å²) in [6, 6.07) is 2.16. The van der Waals surface area contributed by atoms with Gasteiger partial charge in [-0.1, -0.05) is 18.7 Å². The molecule has 1 aliphatic rings. The van der Waals surface area contributed by atoms with Gasteiger partial charge in [-0.15, -0.1) is 11.3 Å². The Labute approximate surface area is 126 Å². The highest BCUT2D eigenvalue weighted by Gasteiger charge is 2.18. The molecule has 0 bridgehead atoms. The van der Waals surface area contributed by atoms with Crippen LogP contribution >= 0.6 is 23.1 Å². The average molecular weight is 307 g/mol. The van der Waals surface area contributed by atoms with Gasteiger partial charge in [0.1, 0.15) is 16.2 Å². The molecule has 2 aromatic heterocycles. The number of aromatic nitrogens is 2. The van der Waals surface area contributed by atoms with Gasteiger partial charge in [0.2, 0.25) is 5.91 Å². The van der Waals surface area contributed by atoms with Crippen molar-refractivity contribution in [1.29, 1.82) is 0 Å². The van der Waals surface area contributed by atoms with Crippen LogP contribution in [0.1, 0.15) is 24.6 Å². The lowest BCUT2D eigenvalue weighted by Crippen LogP contribution is -2.29.